The highest BCUT2D eigenvalue weighted by molar-refractivity contribution is 6.01. The van der Waals surface area contributed by atoms with E-state index in [1.54, 1.807) is 20.0 Å². The van der Waals surface area contributed by atoms with Gasteiger partial charge in [-0.25, -0.2) is 15.9 Å². The summed E-state index contributed by atoms with van der Waals surface area (Å²) in [5.41, 5.74) is 4.37. The summed E-state index contributed by atoms with van der Waals surface area (Å²) in [6, 6.07) is 3.15. The lowest BCUT2D eigenvalue weighted by molar-refractivity contribution is -0.143. The van der Waals surface area contributed by atoms with Crippen molar-refractivity contribution in [2.24, 2.45) is 22.6 Å². The summed E-state index contributed by atoms with van der Waals surface area (Å²) < 4.78 is 81.6. The summed E-state index contributed by atoms with van der Waals surface area (Å²) in [5.74, 6) is 6.93. The number of aromatic nitrogens is 1. The predicted octanol–water partition coefficient (Wildman–Crippen LogP) is 5.60. The fourth-order valence-electron chi connectivity index (χ4n) is 5.26. The molecule has 0 saturated heterocycles. The van der Waals surface area contributed by atoms with Gasteiger partial charge in [0.15, 0.2) is 0 Å². The highest BCUT2D eigenvalue weighted by atomic mass is 19.4. The third kappa shape index (κ3) is 8.88. The van der Waals surface area contributed by atoms with Gasteiger partial charge < -0.3 is 26.3 Å². The van der Waals surface area contributed by atoms with Gasteiger partial charge in [0.2, 0.25) is 5.96 Å². The van der Waals surface area contributed by atoms with Crippen molar-refractivity contribution in [1.29, 1.82) is 5.41 Å². The summed E-state index contributed by atoms with van der Waals surface area (Å²) in [5, 5.41) is 16.2. The van der Waals surface area contributed by atoms with Gasteiger partial charge in [0, 0.05) is 57.1 Å². The number of guanidine groups is 1. The van der Waals surface area contributed by atoms with E-state index in [1.165, 1.54) is 11.9 Å². The number of benzene rings is 1. The van der Waals surface area contributed by atoms with E-state index in [0.29, 0.717) is 47.4 Å². The van der Waals surface area contributed by atoms with Crippen molar-refractivity contribution in [2.45, 2.75) is 65.0 Å². The standard InChI is InChI=1S/C28H39F6N9/c1-5-42(14-18-8-6-7-9-18)25-20(12-23(17(2)35)24(38-3)39-25)16-43(26(36)40-41(4)37)15-19-10-21(27(29,30)31)13-22(11-19)28(32,33)34/h10-13,18,35H,5-9,14-16,37H2,1-4H3,(H2,36,40)(H,38,39). The summed E-state index contributed by atoms with van der Waals surface area (Å²) in [7, 11) is 3.06. The van der Waals surface area contributed by atoms with Crippen molar-refractivity contribution in [2.75, 3.05) is 37.4 Å². The largest absolute Gasteiger partial charge is 0.416 e. The highest BCUT2D eigenvalue weighted by Gasteiger charge is 2.37. The Morgan fingerprint density at radius 3 is 2.09 bits per heavy atom. The molecule has 1 aromatic carbocycles. The van der Waals surface area contributed by atoms with Crippen LogP contribution in [0.15, 0.2) is 29.4 Å². The van der Waals surface area contributed by atoms with Gasteiger partial charge in [-0.05, 0) is 62.4 Å². The number of alkyl halides is 6. The Morgan fingerprint density at radius 2 is 1.63 bits per heavy atom. The van der Waals surface area contributed by atoms with Crippen LogP contribution in [0.5, 0.6) is 0 Å². The Labute approximate surface area is 247 Å². The smallest absolute Gasteiger partial charge is 0.373 e. The average molecular weight is 616 g/mol. The van der Waals surface area contributed by atoms with Gasteiger partial charge in [-0.1, -0.05) is 12.8 Å². The fraction of sp³-hybridized carbons (Fsp3) is 0.536. The van der Waals surface area contributed by atoms with Gasteiger partial charge in [0.25, 0.3) is 0 Å². The second-order valence-electron chi connectivity index (χ2n) is 10.7. The number of pyridine rings is 1. The molecule has 15 heteroatoms. The lowest BCUT2D eigenvalue weighted by Gasteiger charge is -2.31. The van der Waals surface area contributed by atoms with Crippen LogP contribution in [-0.2, 0) is 25.4 Å². The number of hydrazone groups is 1. The van der Waals surface area contributed by atoms with Crippen molar-refractivity contribution in [3.63, 3.8) is 0 Å². The third-order valence-electron chi connectivity index (χ3n) is 7.32. The van der Waals surface area contributed by atoms with Crippen molar-refractivity contribution < 1.29 is 26.3 Å². The minimum Gasteiger partial charge on any atom is -0.373 e. The quantitative estimate of drug-likeness (QED) is 0.0853. The average Bonchev–Trinajstić information content (AvgIpc) is 3.43. The van der Waals surface area contributed by atoms with E-state index in [1.807, 2.05) is 6.92 Å². The molecule has 1 saturated carbocycles. The van der Waals surface area contributed by atoms with Crippen LogP contribution < -0.4 is 21.8 Å². The number of halogens is 6. The van der Waals surface area contributed by atoms with Crippen LogP contribution in [0.1, 0.15) is 67.3 Å². The maximum atomic E-state index is 13.6. The third-order valence-corrected chi connectivity index (χ3v) is 7.32. The minimum absolute atomic E-state index is 0.0821. The molecule has 0 atom stereocenters. The van der Waals surface area contributed by atoms with Crippen LogP contribution in [0.2, 0.25) is 0 Å². The van der Waals surface area contributed by atoms with Gasteiger partial charge >= 0.3 is 12.4 Å². The second-order valence-corrected chi connectivity index (χ2v) is 10.7. The van der Waals surface area contributed by atoms with Crippen molar-refractivity contribution in [3.8, 4) is 0 Å². The van der Waals surface area contributed by atoms with E-state index in [-0.39, 0.29) is 29.8 Å². The number of nitrogens with two attached hydrogens (primary N) is 2. The molecule has 238 valence electrons. The number of anilines is 2. The predicted molar refractivity (Wildman–Crippen MR) is 155 cm³/mol. The molecular formula is C28H39F6N9. The molecule has 0 unspecified atom stereocenters. The number of nitrogens with one attached hydrogen (secondary N) is 2. The summed E-state index contributed by atoms with van der Waals surface area (Å²) in [6.07, 6.45) is -5.57. The molecule has 0 bridgehead atoms. The maximum absolute atomic E-state index is 13.6. The van der Waals surface area contributed by atoms with Crippen LogP contribution in [-0.4, -0.2) is 53.9 Å². The molecule has 0 aliphatic heterocycles. The molecule has 3 rings (SSSR count). The van der Waals surface area contributed by atoms with Gasteiger partial charge in [0.1, 0.15) is 11.6 Å². The van der Waals surface area contributed by atoms with E-state index in [2.05, 4.69) is 15.3 Å². The molecule has 6 N–H and O–H groups in total. The molecule has 1 aliphatic carbocycles. The SMILES string of the molecule is CCN(CC1CCCC1)c1nc(NC)c(C(C)=N)cc1CN(Cc1cc(C(F)(F)F)cc(C(F)(F)F)c1)/C(N)=N/N(C)N. The molecule has 2 aromatic rings. The first-order valence-corrected chi connectivity index (χ1v) is 13.9. The lowest BCUT2D eigenvalue weighted by atomic mass is 10.0. The monoisotopic (exact) mass is 615 g/mol. The first-order chi connectivity index (χ1) is 20.0. The minimum atomic E-state index is -5.00. The van der Waals surface area contributed by atoms with Gasteiger partial charge in [0.05, 0.1) is 11.1 Å². The van der Waals surface area contributed by atoms with Crippen molar-refractivity contribution >= 4 is 23.3 Å². The number of hydrazine groups is 1. The van der Waals surface area contributed by atoms with Crippen LogP contribution in [0.25, 0.3) is 0 Å². The molecule has 0 radical (unpaired) electrons. The number of rotatable bonds is 11. The van der Waals surface area contributed by atoms with E-state index >= 15 is 0 Å². The van der Waals surface area contributed by atoms with Gasteiger partial charge in [-0.3, -0.25) is 0 Å². The normalized spacial score (nSPS) is 14.6. The van der Waals surface area contributed by atoms with E-state index in [9.17, 15) is 26.3 Å². The first-order valence-electron chi connectivity index (χ1n) is 13.9. The number of hydrogen-bond acceptors (Lipinski definition) is 7. The Morgan fingerprint density at radius 1 is 1.05 bits per heavy atom. The second kappa shape index (κ2) is 13.7. The zero-order valence-electron chi connectivity index (χ0n) is 24.7. The van der Waals surface area contributed by atoms with Crippen LogP contribution in [0, 0.1) is 11.3 Å². The summed E-state index contributed by atoms with van der Waals surface area (Å²) in [6.45, 7) is 4.36. The molecule has 1 fully saturated rings. The first kappa shape index (κ1) is 33.7. The molecule has 43 heavy (non-hydrogen) atoms. The van der Waals surface area contributed by atoms with Crippen molar-refractivity contribution in [1.82, 2.24) is 15.0 Å². The van der Waals surface area contributed by atoms with Crippen LogP contribution >= 0.6 is 0 Å². The molecule has 1 aromatic heterocycles. The van der Waals surface area contributed by atoms with Gasteiger partial charge in [-0.2, -0.15) is 26.3 Å². The zero-order chi connectivity index (χ0) is 32.1. The van der Waals surface area contributed by atoms with E-state index in [0.717, 1.165) is 37.3 Å². The topological polar surface area (TPSA) is 123 Å². The Bertz CT molecular complexity index is 1270. The van der Waals surface area contributed by atoms with Crippen LogP contribution in [0.3, 0.4) is 0 Å². The fourth-order valence-corrected chi connectivity index (χ4v) is 5.26. The summed E-state index contributed by atoms with van der Waals surface area (Å²) >= 11 is 0. The van der Waals surface area contributed by atoms with E-state index < -0.39 is 30.0 Å². The van der Waals surface area contributed by atoms with Crippen molar-refractivity contribution in [3.05, 3.63) is 52.1 Å². The maximum Gasteiger partial charge on any atom is 0.416 e. The summed E-state index contributed by atoms with van der Waals surface area (Å²) in [4.78, 5) is 8.27. The molecule has 0 amide bonds. The highest BCUT2D eigenvalue weighted by Crippen LogP contribution is 2.37. The molecule has 1 aliphatic rings. The Kier molecular flexibility index (Phi) is 10.7. The molecule has 1 heterocycles. The zero-order valence-corrected chi connectivity index (χ0v) is 24.7. The van der Waals surface area contributed by atoms with E-state index in [4.69, 9.17) is 22.0 Å². The molecule has 0 spiro atoms. The van der Waals surface area contributed by atoms with Gasteiger partial charge in [-0.15, -0.1) is 5.10 Å². The lowest BCUT2D eigenvalue weighted by Crippen LogP contribution is -2.40. The van der Waals surface area contributed by atoms with Crippen LogP contribution in [0.4, 0.5) is 38.0 Å². The molecule has 9 nitrogen and oxygen atoms in total. The Balaban J connectivity index is 2.15. The Hall–Kier alpha value is -3.75. The molecular weight excluding hydrogens is 576 g/mol. The number of nitrogens with zero attached hydrogens (tertiary/aromatic N) is 5. The number of hydrogen-bond donors (Lipinski definition) is 4.